The Bertz CT molecular complexity index is 846. The molecule has 0 amide bonds. The molecule has 1 atom stereocenters. The lowest BCUT2D eigenvalue weighted by atomic mass is 10.0. The van der Waals surface area contributed by atoms with E-state index in [1.807, 2.05) is 16.6 Å². The highest BCUT2D eigenvalue weighted by Gasteiger charge is 2.21. The molecule has 3 aromatic rings. The van der Waals surface area contributed by atoms with Crippen molar-refractivity contribution in [2.45, 2.75) is 39.2 Å². The van der Waals surface area contributed by atoms with Crippen LogP contribution in [-0.4, -0.2) is 26.4 Å². The van der Waals surface area contributed by atoms with Gasteiger partial charge in [0.25, 0.3) is 0 Å². The Morgan fingerprint density at radius 3 is 2.74 bits per heavy atom. The highest BCUT2D eigenvalue weighted by molar-refractivity contribution is 5.61. The molecule has 3 heterocycles. The van der Waals surface area contributed by atoms with Crippen LogP contribution in [0.5, 0.6) is 0 Å². The molecule has 1 aliphatic heterocycles. The highest BCUT2D eigenvalue weighted by Crippen LogP contribution is 2.24. The third-order valence-electron chi connectivity index (χ3n) is 4.71. The van der Waals surface area contributed by atoms with E-state index in [2.05, 4.69) is 47.6 Å². The number of fused-ring (bicyclic) bond motifs is 1. The van der Waals surface area contributed by atoms with Gasteiger partial charge in [0, 0.05) is 5.56 Å². The van der Waals surface area contributed by atoms with Crippen LogP contribution in [0.15, 0.2) is 30.3 Å². The van der Waals surface area contributed by atoms with Gasteiger partial charge in [-0.15, -0.1) is 10.2 Å². The third kappa shape index (κ3) is 2.61. The van der Waals surface area contributed by atoms with Crippen LogP contribution in [0.1, 0.15) is 42.3 Å². The summed E-state index contributed by atoms with van der Waals surface area (Å²) < 4.78 is 1.90. The summed E-state index contributed by atoms with van der Waals surface area (Å²) in [6.07, 6.45) is 3.55. The minimum Gasteiger partial charge on any atom is -0.307 e. The predicted molar refractivity (Wildman–Crippen MR) is 90.3 cm³/mol. The van der Waals surface area contributed by atoms with E-state index in [4.69, 9.17) is 5.10 Å². The van der Waals surface area contributed by atoms with Crippen LogP contribution in [0.3, 0.4) is 0 Å². The van der Waals surface area contributed by atoms with E-state index in [9.17, 15) is 0 Å². The van der Waals surface area contributed by atoms with Crippen LogP contribution in [-0.2, 0) is 0 Å². The maximum absolute atomic E-state index is 4.80. The Hall–Kier alpha value is -2.27. The van der Waals surface area contributed by atoms with Crippen molar-refractivity contribution in [1.82, 2.24) is 25.1 Å². The van der Waals surface area contributed by atoms with Crippen molar-refractivity contribution in [2.75, 3.05) is 6.54 Å². The quantitative estimate of drug-likeness (QED) is 0.790. The molecule has 1 N–H and O–H groups in total. The molecule has 118 valence electrons. The van der Waals surface area contributed by atoms with E-state index in [0.29, 0.717) is 0 Å². The molecule has 0 radical (unpaired) electrons. The molecular weight excluding hydrogens is 286 g/mol. The molecule has 0 aliphatic carbocycles. The Morgan fingerprint density at radius 2 is 1.96 bits per heavy atom. The van der Waals surface area contributed by atoms with Crippen molar-refractivity contribution in [1.29, 1.82) is 0 Å². The van der Waals surface area contributed by atoms with Gasteiger partial charge in [0.05, 0.1) is 11.7 Å². The second-order valence-corrected chi connectivity index (χ2v) is 6.35. The minimum absolute atomic E-state index is 0.251. The standard InChI is InChI=1S/C18H21N5/c1-12-6-7-14(11-13(12)2)15-8-9-17-20-21-18(23(17)22-15)16-5-3-4-10-19-16/h6-9,11,16,19H,3-5,10H2,1-2H3. The molecule has 23 heavy (non-hydrogen) atoms. The SMILES string of the molecule is Cc1ccc(-c2ccc3nnc(C4CCCCN4)n3n2)cc1C. The van der Waals surface area contributed by atoms with Crippen LogP contribution < -0.4 is 5.32 Å². The molecule has 1 aromatic carbocycles. The summed E-state index contributed by atoms with van der Waals surface area (Å²) >= 11 is 0. The Labute approximate surface area is 135 Å². The van der Waals surface area contributed by atoms with Gasteiger partial charge in [-0.25, -0.2) is 0 Å². The van der Waals surface area contributed by atoms with Crippen molar-refractivity contribution in [3.05, 3.63) is 47.3 Å². The lowest BCUT2D eigenvalue weighted by Crippen LogP contribution is -2.28. The minimum atomic E-state index is 0.251. The maximum Gasteiger partial charge on any atom is 0.178 e. The Kier molecular flexibility index (Phi) is 3.58. The summed E-state index contributed by atoms with van der Waals surface area (Å²) in [6, 6.07) is 10.7. The number of hydrogen-bond acceptors (Lipinski definition) is 4. The number of aryl methyl sites for hydroxylation is 2. The lowest BCUT2D eigenvalue weighted by molar-refractivity contribution is 0.392. The normalized spacial score (nSPS) is 18.4. The van der Waals surface area contributed by atoms with Crippen molar-refractivity contribution >= 4 is 5.65 Å². The first kappa shape index (κ1) is 14.3. The van der Waals surface area contributed by atoms with E-state index in [0.717, 1.165) is 35.7 Å². The first-order valence-electron chi connectivity index (χ1n) is 8.26. The zero-order valence-electron chi connectivity index (χ0n) is 13.6. The van der Waals surface area contributed by atoms with Crippen molar-refractivity contribution < 1.29 is 0 Å². The van der Waals surface area contributed by atoms with Crippen LogP contribution >= 0.6 is 0 Å². The summed E-state index contributed by atoms with van der Waals surface area (Å²) in [5.41, 5.74) is 5.47. The van der Waals surface area contributed by atoms with Gasteiger partial charge in [-0.05, 0) is 62.6 Å². The van der Waals surface area contributed by atoms with Gasteiger partial charge in [0.15, 0.2) is 11.5 Å². The van der Waals surface area contributed by atoms with Gasteiger partial charge in [0.2, 0.25) is 0 Å². The molecule has 0 bridgehead atoms. The van der Waals surface area contributed by atoms with Crippen LogP contribution in [0.25, 0.3) is 16.9 Å². The molecule has 1 saturated heterocycles. The molecule has 2 aromatic heterocycles. The molecule has 0 spiro atoms. The van der Waals surface area contributed by atoms with E-state index in [-0.39, 0.29) is 6.04 Å². The van der Waals surface area contributed by atoms with E-state index >= 15 is 0 Å². The molecule has 1 fully saturated rings. The first-order valence-corrected chi connectivity index (χ1v) is 8.26. The fourth-order valence-electron chi connectivity index (χ4n) is 3.15. The largest absolute Gasteiger partial charge is 0.307 e. The molecule has 1 unspecified atom stereocenters. The average Bonchev–Trinajstić information content (AvgIpc) is 3.01. The van der Waals surface area contributed by atoms with Crippen molar-refractivity contribution in [2.24, 2.45) is 0 Å². The smallest absolute Gasteiger partial charge is 0.178 e. The average molecular weight is 307 g/mol. The van der Waals surface area contributed by atoms with Gasteiger partial charge < -0.3 is 5.32 Å². The zero-order valence-corrected chi connectivity index (χ0v) is 13.6. The predicted octanol–water partition coefficient (Wildman–Crippen LogP) is 3.22. The molecular formula is C18H21N5. The maximum atomic E-state index is 4.80. The fraction of sp³-hybridized carbons (Fsp3) is 0.389. The first-order chi connectivity index (χ1) is 11.2. The number of aromatic nitrogens is 4. The summed E-state index contributed by atoms with van der Waals surface area (Å²) in [5.74, 6) is 0.922. The lowest BCUT2D eigenvalue weighted by Gasteiger charge is -2.21. The van der Waals surface area contributed by atoms with Gasteiger partial charge in [-0.1, -0.05) is 18.6 Å². The molecule has 1 aliphatic rings. The second-order valence-electron chi connectivity index (χ2n) is 6.35. The number of benzene rings is 1. The van der Waals surface area contributed by atoms with Crippen molar-refractivity contribution in [3.8, 4) is 11.3 Å². The summed E-state index contributed by atoms with van der Waals surface area (Å²) in [7, 11) is 0. The molecule has 4 rings (SSSR count). The Balaban J connectivity index is 1.78. The second kappa shape index (κ2) is 5.74. The van der Waals surface area contributed by atoms with Crippen molar-refractivity contribution in [3.63, 3.8) is 0 Å². The van der Waals surface area contributed by atoms with E-state index in [1.165, 1.54) is 24.0 Å². The number of hydrogen-bond donors (Lipinski definition) is 1. The zero-order chi connectivity index (χ0) is 15.8. The van der Waals surface area contributed by atoms with Crippen LogP contribution in [0.2, 0.25) is 0 Å². The number of rotatable bonds is 2. The number of nitrogens with zero attached hydrogens (tertiary/aromatic N) is 4. The fourth-order valence-corrected chi connectivity index (χ4v) is 3.15. The van der Waals surface area contributed by atoms with E-state index < -0.39 is 0 Å². The van der Waals surface area contributed by atoms with Crippen LogP contribution in [0.4, 0.5) is 0 Å². The highest BCUT2D eigenvalue weighted by atomic mass is 15.4. The summed E-state index contributed by atoms with van der Waals surface area (Å²) in [6.45, 7) is 5.30. The molecule has 5 nitrogen and oxygen atoms in total. The van der Waals surface area contributed by atoms with Gasteiger partial charge in [0.1, 0.15) is 0 Å². The molecule has 0 saturated carbocycles. The van der Waals surface area contributed by atoms with Gasteiger partial charge >= 0.3 is 0 Å². The number of piperidine rings is 1. The molecule has 5 heteroatoms. The number of nitrogens with one attached hydrogen (secondary N) is 1. The Morgan fingerprint density at radius 1 is 1.04 bits per heavy atom. The topological polar surface area (TPSA) is 55.1 Å². The summed E-state index contributed by atoms with van der Waals surface area (Å²) in [4.78, 5) is 0. The van der Waals surface area contributed by atoms with Gasteiger partial charge in [-0.3, -0.25) is 0 Å². The van der Waals surface area contributed by atoms with E-state index in [1.54, 1.807) is 0 Å². The van der Waals surface area contributed by atoms with Gasteiger partial charge in [-0.2, -0.15) is 9.61 Å². The summed E-state index contributed by atoms with van der Waals surface area (Å²) in [5, 5.41) is 17.0. The third-order valence-corrected chi connectivity index (χ3v) is 4.71. The monoisotopic (exact) mass is 307 g/mol. The van der Waals surface area contributed by atoms with Crippen LogP contribution in [0, 0.1) is 13.8 Å².